The van der Waals surface area contributed by atoms with Crippen LogP contribution in [0.5, 0.6) is 5.75 Å². The van der Waals surface area contributed by atoms with E-state index in [4.69, 9.17) is 4.74 Å². The summed E-state index contributed by atoms with van der Waals surface area (Å²) in [5.74, 6) is 0.989. The first-order chi connectivity index (χ1) is 9.26. The number of unbranched alkanes of at least 4 members (excludes halogenated alkanes) is 3. The summed E-state index contributed by atoms with van der Waals surface area (Å²) >= 11 is 2.31. The van der Waals surface area contributed by atoms with Crippen molar-refractivity contribution in [3.63, 3.8) is 0 Å². The molecule has 0 aromatic heterocycles. The highest BCUT2D eigenvalue weighted by atomic mass is 127. The fourth-order valence-electron chi connectivity index (χ4n) is 2.05. The summed E-state index contributed by atoms with van der Waals surface area (Å²) in [7, 11) is 0. The highest BCUT2D eigenvalue weighted by Crippen LogP contribution is 2.14. The molecule has 1 aromatic carbocycles. The van der Waals surface area contributed by atoms with Crippen LogP contribution in [-0.4, -0.2) is 31.1 Å². The summed E-state index contributed by atoms with van der Waals surface area (Å²) < 4.78 is 6.97. The molecule has 0 aliphatic carbocycles. The van der Waals surface area contributed by atoms with E-state index in [0.29, 0.717) is 0 Å². The summed E-state index contributed by atoms with van der Waals surface area (Å²) in [4.78, 5) is 2.49. The second kappa shape index (κ2) is 10.5. The quantitative estimate of drug-likeness (QED) is 0.439. The van der Waals surface area contributed by atoms with E-state index in [1.165, 1.54) is 42.5 Å². The van der Waals surface area contributed by atoms with Crippen LogP contribution in [0.1, 0.15) is 39.5 Å². The lowest BCUT2D eigenvalue weighted by molar-refractivity contribution is 0.284. The van der Waals surface area contributed by atoms with Gasteiger partial charge in [0.25, 0.3) is 0 Å². The van der Waals surface area contributed by atoms with Gasteiger partial charge in [0, 0.05) is 3.57 Å². The summed E-state index contributed by atoms with van der Waals surface area (Å²) in [6, 6.07) is 8.25. The molecule has 1 aromatic rings. The first-order valence-corrected chi connectivity index (χ1v) is 8.44. The zero-order chi connectivity index (χ0) is 13.9. The van der Waals surface area contributed by atoms with Crippen molar-refractivity contribution in [3.05, 3.63) is 27.8 Å². The molecule has 0 fully saturated rings. The van der Waals surface area contributed by atoms with Gasteiger partial charge in [0.15, 0.2) is 0 Å². The standard InChI is InChI=1S/C16H26INO/c1-3-18(4-2)13-7-5-6-8-14-19-16-11-9-15(17)10-12-16/h9-12H,3-8,13-14H2,1-2H3. The van der Waals surface area contributed by atoms with Gasteiger partial charge in [-0.2, -0.15) is 0 Å². The Kier molecular flexibility index (Phi) is 9.26. The zero-order valence-electron chi connectivity index (χ0n) is 12.2. The molecule has 0 saturated carbocycles. The Bertz CT molecular complexity index is 322. The Balaban J connectivity index is 1.98. The van der Waals surface area contributed by atoms with Crippen molar-refractivity contribution < 1.29 is 4.74 Å². The highest BCUT2D eigenvalue weighted by molar-refractivity contribution is 14.1. The van der Waals surface area contributed by atoms with Gasteiger partial charge in [0.05, 0.1) is 6.61 Å². The van der Waals surface area contributed by atoms with E-state index < -0.39 is 0 Å². The van der Waals surface area contributed by atoms with Crippen LogP contribution in [0.3, 0.4) is 0 Å². The maximum absolute atomic E-state index is 5.72. The van der Waals surface area contributed by atoms with Crippen LogP contribution in [0, 0.1) is 3.57 Å². The van der Waals surface area contributed by atoms with Crippen molar-refractivity contribution in [1.82, 2.24) is 4.90 Å². The normalized spacial score (nSPS) is 10.9. The zero-order valence-corrected chi connectivity index (χ0v) is 14.4. The van der Waals surface area contributed by atoms with Gasteiger partial charge in [-0.25, -0.2) is 0 Å². The predicted molar refractivity (Wildman–Crippen MR) is 90.9 cm³/mol. The molecule has 0 heterocycles. The van der Waals surface area contributed by atoms with Crippen LogP contribution in [0.2, 0.25) is 0 Å². The molecule has 1 rings (SSSR count). The van der Waals surface area contributed by atoms with Gasteiger partial charge in [-0.15, -0.1) is 0 Å². The summed E-state index contributed by atoms with van der Waals surface area (Å²) in [6.07, 6.45) is 5.05. The Morgan fingerprint density at radius 3 is 2.21 bits per heavy atom. The van der Waals surface area contributed by atoms with Crippen LogP contribution in [-0.2, 0) is 0 Å². The molecule has 108 valence electrons. The van der Waals surface area contributed by atoms with Crippen molar-refractivity contribution in [1.29, 1.82) is 0 Å². The molecule has 0 aliphatic heterocycles. The molecule has 0 unspecified atom stereocenters. The second-order valence-electron chi connectivity index (χ2n) is 4.74. The first kappa shape index (κ1) is 16.8. The molecule has 0 bridgehead atoms. The van der Waals surface area contributed by atoms with Crippen LogP contribution in [0.4, 0.5) is 0 Å². The van der Waals surface area contributed by atoms with Gasteiger partial charge in [0.2, 0.25) is 0 Å². The largest absolute Gasteiger partial charge is 0.494 e. The van der Waals surface area contributed by atoms with E-state index in [-0.39, 0.29) is 0 Å². The van der Waals surface area contributed by atoms with Crippen LogP contribution in [0.25, 0.3) is 0 Å². The van der Waals surface area contributed by atoms with Crippen molar-refractivity contribution >= 4 is 22.6 Å². The van der Waals surface area contributed by atoms with E-state index in [9.17, 15) is 0 Å². The number of hydrogen-bond acceptors (Lipinski definition) is 2. The van der Waals surface area contributed by atoms with Crippen LogP contribution in [0.15, 0.2) is 24.3 Å². The Morgan fingerprint density at radius 2 is 1.58 bits per heavy atom. The Labute approximate surface area is 131 Å². The third-order valence-corrected chi connectivity index (χ3v) is 4.06. The van der Waals surface area contributed by atoms with Gasteiger partial charge in [-0.1, -0.05) is 26.7 Å². The van der Waals surface area contributed by atoms with Gasteiger partial charge in [0.1, 0.15) is 5.75 Å². The molecule has 0 spiro atoms. The molecule has 2 nitrogen and oxygen atoms in total. The summed E-state index contributed by atoms with van der Waals surface area (Å²) in [5.41, 5.74) is 0. The van der Waals surface area contributed by atoms with Gasteiger partial charge >= 0.3 is 0 Å². The van der Waals surface area contributed by atoms with Crippen LogP contribution >= 0.6 is 22.6 Å². The van der Waals surface area contributed by atoms with Crippen molar-refractivity contribution in [2.45, 2.75) is 39.5 Å². The Hall–Kier alpha value is -0.290. The minimum absolute atomic E-state index is 0.839. The molecule has 0 aliphatic rings. The number of benzene rings is 1. The maximum atomic E-state index is 5.72. The third kappa shape index (κ3) is 7.78. The van der Waals surface area contributed by atoms with E-state index >= 15 is 0 Å². The molecular weight excluding hydrogens is 349 g/mol. The van der Waals surface area contributed by atoms with E-state index in [2.05, 4.69) is 53.5 Å². The van der Waals surface area contributed by atoms with Gasteiger partial charge in [-0.3, -0.25) is 0 Å². The topological polar surface area (TPSA) is 12.5 Å². The Morgan fingerprint density at radius 1 is 0.947 bits per heavy atom. The van der Waals surface area contributed by atoms with E-state index in [0.717, 1.165) is 18.8 Å². The lowest BCUT2D eigenvalue weighted by Gasteiger charge is -2.17. The molecule has 0 amide bonds. The number of halogens is 1. The average Bonchev–Trinajstić information content (AvgIpc) is 2.44. The predicted octanol–water partition coefficient (Wildman–Crippen LogP) is 4.57. The molecule has 0 radical (unpaired) electrons. The van der Waals surface area contributed by atoms with Gasteiger partial charge in [-0.05, 0) is 79.3 Å². The summed E-state index contributed by atoms with van der Waals surface area (Å²) in [6.45, 7) is 8.90. The number of rotatable bonds is 10. The number of hydrogen-bond donors (Lipinski definition) is 0. The molecule has 0 saturated heterocycles. The van der Waals surface area contributed by atoms with Crippen molar-refractivity contribution in [3.8, 4) is 5.75 Å². The fraction of sp³-hybridized carbons (Fsp3) is 0.625. The molecule has 0 atom stereocenters. The molecule has 3 heteroatoms. The number of nitrogens with zero attached hydrogens (tertiary/aromatic N) is 1. The molecular formula is C16H26INO. The fourth-order valence-corrected chi connectivity index (χ4v) is 2.41. The van der Waals surface area contributed by atoms with Gasteiger partial charge < -0.3 is 9.64 Å². The average molecular weight is 375 g/mol. The minimum Gasteiger partial charge on any atom is -0.494 e. The monoisotopic (exact) mass is 375 g/mol. The maximum Gasteiger partial charge on any atom is 0.119 e. The lowest BCUT2D eigenvalue weighted by atomic mass is 10.2. The molecule has 19 heavy (non-hydrogen) atoms. The SMILES string of the molecule is CCN(CC)CCCCCCOc1ccc(I)cc1. The highest BCUT2D eigenvalue weighted by Gasteiger charge is 1.98. The summed E-state index contributed by atoms with van der Waals surface area (Å²) in [5, 5.41) is 0. The van der Waals surface area contributed by atoms with E-state index in [1.54, 1.807) is 0 Å². The van der Waals surface area contributed by atoms with Crippen LogP contribution < -0.4 is 4.74 Å². The lowest BCUT2D eigenvalue weighted by Crippen LogP contribution is -2.23. The minimum atomic E-state index is 0.839. The smallest absolute Gasteiger partial charge is 0.119 e. The van der Waals surface area contributed by atoms with Crippen molar-refractivity contribution in [2.24, 2.45) is 0 Å². The third-order valence-electron chi connectivity index (χ3n) is 3.35. The van der Waals surface area contributed by atoms with E-state index in [1.807, 2.05) is 12.1 Å². The second-order valence-corrected chi connectivity index (χ2v) is 5.99. The molecule has 0 N–H and O–H groups in total. The number of ether oxygens (including phenoxy) is 1. The first-order valence-electron chi connectivity index (χ1n) is 7.37. The van der Waals surface area contributed by atoms with Crippen molar-refractivity contribution in [2.75, 3.05) is 26.2 Å².